The van der Waals surface area contributed by atoms with Crippen LogP contribution in [0.4, 0.5) is 5.69 Å². The molecule has 1 atom stereocenters. The Morgan fingerprint density at radius 2 is 1.62 bits per heavy atom. The van der Waals surface area contributed by atoms with Gasteiger partial charge in [-0.1, -0.05) is 78.3 Å². The van der Waals surface area contributed by atoms with Crippen molar-refractivity contribution in [1.82, 2.24) is 5.32 Å². The van der Waals surface area contributed by atoms with Gasteiger partial charge < -0.3 is 10.2 Å². The molecule has 0 aliphatic carbocycles. The fraction of sp³-hybridized carbons (Fsp3) is 0.259. The van der Waals surface area contributed by atoms with Gasteiger partial charge in [0.15, 0.2) is 0 Å². The van der Waals surface area contributed by atoms with Crippen LogP contribution < -0.4 is 10.2 Å². The maximum Gasteiger partial charge on any atom is 0.227 e. The lowest BCUT2D eigenvalue weighted by molar-refractivity contribution is -0.126. The van der Waals surface area contributed by atoms with Crippen LogP contribution in [0.2, 0.25) is 5.02 Å². The zero-order chi connectivity index (χ0) is 22.5. The zero-order valence-electron chi connectivity index (χ0n) is 18.1. The summed E-state index contributed by atoms with van der Waals surface area (Å²) in [7, 11) is 0. The first-order valence-corrected chi connectivity index (χ1v) is 11.4. The first-order valence-electron chi connectivity index (χ1n) is 11.0. The Balaban J connectivity index is 1.39. The van der Waals surface area contributed by atoms with Crippen molar-refractivity contribution in [2.75, 3.05) is 18.0 Å². The van der Waals surface area contributed by atoms with Gasteiger partial charge in [-0.2, -0.15) is 0 Å². The van der Waals surface area contributed by atoms with Crippen molar-refractivity contribution >= 4 is 29.1 Å². The molecule has 1 N–H and O–H groups in total. The molecule has 5 heteroatoms. The van der Waals surface area contributed by atoms with Crippen LogP contribution in [0.5, 0.6) is 0 Å². The second-order valence-electron chi connectivity index (χ2n) is 8.24. The van der Waals surface area contributed by atoms with Crippen molar-refractivity contribution in [2.24, 2.45) is 5.92 Å². The van der Waals surface area contributed by atoms with Crippen molar-refractivity contribution in [3.8, 4) is 0 Å². The highest BCUT2D eigenvalue weighted by Crippen LogP contribution is 2.32. The Kier molecular flexibility index (Phi) is 6.91. The summed E-state index contributed by atoms with van der Waals surface area (Å²) in [6.07, 6.45) is 1.01. The number of anilines is 1. The number of halogens is 1. The van der Waals surface area contributed by atoms with E-state index in [4.69, 9.17) is 11.6 Å². The predicted octanol–water partition coefficient (Wildman–Crippen LogP) is 5.34. The lowest BCUT2D eigenvalue weighted by atomic mass is 9.88. The van der Waals surface area contributed by atoms with E-state index < -0.39 is 0 Å². The number of carbonyl (C=O) groups is 2. The monoisotopic (exact) mass is 446 g/mol. The molecule has 0 aromatic heterocycles. The van der Waals surface area contributed by atoms with Gasteiger partial charge in [-0.3, -0.25) is 9.59 Å². The summed E-state index contributed by atoms with van der Waals surface area (Å²) in [4.78, 5) is 27.1. The molecule has 4 rings (SSSR count). The number of amides is 2. The molecule has 1 heterocycles. The van der Waals surface area contributed by atoms with E-state index in [1.165, 1.54) is 11.1 Å². The number of benzene rings is 3. The van der Waals surface area contributed by atoms with Gasteiger partial charge in [0.1, 0.15) is 0 Å². The summed E-state index contributed by atoms with van der Waals surface area (Å²) in [6, 6.07) is 26.2. The van der Waals surface area contributed by atoms with Crippen LogP contribution in [0.25, 0.3) is 0 Å². The lowest BCUT2D eigenvalue weighted by Gasteiger charge is -2.20. The van der Waals surface area contributed by atoms with E-state index in [9.17, 15) is 9.59 Å². The Bertz CT molecular complexity index is 1050. The molecule has 0 saturated carbocycles. The molecule has 0 radical (unpaired) electrons. The highest BCUT2D eigenvalue weighted by molar-refractivity contribution is 6.31. The standard InChI is InChI=1S/C27H27ClN2O2/c1-19-24(28)13-8-14-25(19)30-18-22(17-26(30)31)27(32)29-16-15-23(20-9-4-2-5-10-20)21-11-6-3-7-12-21/h2-14,22-23H,15-18H2,1H3,(H,29,32)/t22-/m0/s1. The van der Waals surface area contributed by atoms with Crippen molar-refractivity contribution in [3.05, 3.63) is 101 Å². The highest BCUT2D eigenvalue weighted by atomic mass is 35.5. The summed E-state index contributed by atoms with van der Waals surface area (Å²) in [5, 5.41) is 3.69. The number of nitrogens with zero attached hydrogens (tertiary/aromatic N) is 1. The normalized spacial score (nSPS) is 15.9. The van der Waals surface area contributed by atoms with Gasteiger partial charge in [-0.05, 0) is 42.2 Å². The molecule has 164 valence electrons. The minimum Gasteiger partial charge on any atom is -0.356 e. The number of nitrogens with one attached hydrogen (secondary N) is 1. The Morgan fingerprint density at radius 1 is 1.00 bits per heavy atom. The second-order valence-corrected chi connectivity index (χ2v) is 8.65. The van der Waals surface area contributed by atoms with Crippen molar-refractivity contribution in [1.29, 1.82) is 0 Å². The van der Waals surface area contributed by atoms with Gasteiger partial charge in [-0.15, -0.1) is 0 Å². The van der Waals surface area contributed by atoms with Crippen molar-refractivity contribution in [3.63, 3.8) is 0 Å². The smallest absolute Gasteiger partial charge is 0.227 e. The van der Waals surface area contributed by atoms with Gasteiger partial charge in [-0.25, -0.2) is 0 Å². The summed E-state index contributed by atoms with van der Waals surface area (Å²) < 4.78 is 0. The zero-order valence-corrected chi connectivity index (χ0v) is 18.9. The number of rotatable bonds is 7. The lowest BCUT2D eigenvalue weighted by Crippen LogP contribution is -2.34. The fourth-order valence-electron chi connectivity index (χ4n) is 4.39. The molecule has 0 unspecified atom stereocenters. The summed E-state index contributed by atoms with van der Waals surface area (Å²) in [5.74, 6) is -0.260. The average molecular weight is 447 g/mol. The van der Waals surface area contributed by atoms with E-state index in [-0.39, 0.29) is 30.1 Å². The van der Waals surface area contributed by atoms with E-state index in [1.807, 2.05) is 55.5 Å². The third-order valence-electron chi connectivity index (χ3n) is 6.16. The van der Waals surface area contributed by atoms with E-state index >= 15 is 0 Å². The van der Waals surface area contributed by atoms with Crippen LogP contribution in [0, 0.1) is 12.8 Å². The van der Waals surface area contributed by atoms with Crippen LogP contribution in [-0.2, 0) is 9.59 Å². The van der Waals surface area contributed by atoms with E-state index in [1.54, 1.807) is 11.0 Å². The van der Waals surface area contributed by atoms with Gasteiger partial charge in [0.05, 0.1) is 5.92 Å². The molecule has 3 aromatic carbocycles. The summed E-state index contributed by atoms with van der Waals surface area (Å²) >= 11 is 6.22. The number of hydrogen-bond donors (Lipinski definition) is 1. The second kappa shape index (κ2) is 10.0. The van der Waals surface area contributed by atoms with Crippen LogP contribution in [-0.4, -0.2) is 24.9 Å². The minimum absolute atomic E-state index is 0.0398. The Labute approximate surface area is 194 Å². The first kappa shape index (κ1) is 22.1. The van der Waals surface area contributed by atoms with Gasteiger partial charge in [0.2, 0.25) is 11.8 Å². The van der Waals surface area contributed by atoms with Gasteiger partial charge in [0.25, 0.3) is 0 Å². The van der Waals surface area contributed by atoms with Crippen LogP contribution in [0.15, 0.2) is 78.9 Å². The maximum absolute atomic E-state index is 12.9. The fourth-order valence-corrected chi connectivity index (χ4v) is 4.55. The molecule has 1 aliphatic rings. The average Bonchev–Trinajstić information content (AvgIpc) is 3.21. The molecular weight excluding hydrogens is 420 g/mol. The molecule has 32 heavy (non-hydrogen) atoms. The quantitative estimate of drug-likeness (QED) is 0.532. The van der Waals surface area contributed by atoms with Crippen molar-refractivity contribution in [2.45, 2.75) is 25.7 Å². The minimum atomic E-state index is -0.354. The molecule has 1 aliphatic heterocycles. The van der Waals surface area contributed by atoms with Gasteiger partial charge >= 0.3 is 0 Å². The molecule has 1 saturated heterocycles. The molecule has 4 nitrogen and oxygen atoms in total. The Morgan fingerprint density at radius 3 is 2.25 bits per heavy atom. The molecule has 1 fully saturated rings. The highest BCUT2D eigenvalue weighted by Gasteiger charge is 2.35. The Hall–Kier alpha value is -3.11. The van der Waals surface area contributed by atoms with E-state index in [2.05, 4.69) is 29.6 Å². The van der Waals surface area contributed by atoms with E-state index in [0.29, 0.717) is 18.1 Å². The number of carbonyl (C=O) groups excluding carboxylic acids is 2. The SMILES string of the molecule is Cc1c(Cl)cccc1N1C[C@@H](C(=O)NCCC(c2ccccc2)c2ccccc2)CC1=O. The van der Waals surface area contributed by atoms with Gasteiger partial charge in [0, 0.05) is 36.1 Å². The summed E-state index contributed by atoms with van der Waals surface area (Å²) in [5.41, 5.74) is 4.10. The maximum atomic E-state index is 12.9. The summed E-state index contributed by atoms with van der Waals surface area (Å²) in [6.45, 7) is 2.83. The largest absolute Gasteiger partial charge is 0.356 e. The molecule has 0 bridgehead atoms. The third-order valence-corrected chi connectivity index (χ3v) is 6.57. The molecule has 3 aromatic rings. The van der Waals surface area contributed by atoms with Crippen LogP contribution >= 0.6 is 11.6 Å². The molecule has 2 amide bonds. The molecule has 0 spiro atoms. The van der Waals surface area contributed by atoms with Crippen molar-refractivity contribution < 1.29 is 9.59 Å². The number of hydrogen-bond acceptors (Lipinski definition) is 2. The van der Waals surface area contributed by atoms with Crippen LogP contribution in [0.3, 0.4) is 0 Å². The first-order chi connectivity index (χ1) is 15.5. The van der Waals surface area contributed by atoms with Crippen LogP contribution in [0.1, 0.15) is 35.4 Å². The third kappa shape index (κ3) is 4.86. The van der Waals surface area contributed by atoms with E-state index in [0.717, 1.165) is 17.7 Å². The molecular formula is C27H27ClN2O2. The topological polar surface area (TPSA) is 49.4 Å². The predicted molar refractivity (Wildman–Crippen MR) is 129 cm³/mol.